The highest BCUT2D eigenvalue weighted by Crippen LogP contribution is 2.18. The lowest BCUT2D eigenvalue weighted by Gasteiger charge is -2.14. The van der Waals surface area contributed by atoms with E-state index in [1.165, 1.54) is 38.4 Å². The first kappa shape index (κ1) is 16.2. The third kappa shape index (κ3) is 3.51. The summed E-state index contributed by atoms with van der Waals surface area (Å²) in [7, 11) is -1.11. The minimum atomic E-state index is -3.69. The quantitative estimate of drug-likeness (QED) is 0.856. The van der Waals surface area contributed by atoms with Crippen molar-refractivity contribution in [2.45, 2.75) is 4.90 Å². The maximum absolute atomic E-state index is 12.0. The minimum Gasteiger partial charge on any atom is -0.322 e. The lowest BCUT2D eigenvalue weighted by molar-refractivity contribution is -0.0258. The number of hydrogen-bond acceptors (Lipinski definition) is 4. The van der Waals surface area contributed by atoms with E-state index in [-0.39, 0.29) is 10.8 Å². The molecule has 0 radical (unpaired) electrons. The molecule has 0 atom stereocenters. The van der Waals surface area contributed by atoms with Crippen LogP contribution in [-0.4, -0.2) is 33.0 Å². The molecule has 0 unspecified atom stereocenters. The summed E-state index contributed by atoms with van der Waals surface area (Å²) in [5.41, 5.74) is 1.03. The topological polar surface area (TPSA) is 75.7 Å². The molecule has 0 spiro atoms. The van der Waals surface area contributed by atoms with Gasteiger partial charge in [-0.1, -0.05) is 22.7 Å². The number of nitrogens with one attached hydrogen (secondary N) is 1. The fourth-order valence-electron chi connectivity index (χ4n) is 1.75. The number of hydrogen-bond donors (Lipinski definition) is 1. The monoisotopic (exact) mass is 320 g/mol. The number of amides is 1. The van der Waals surface area contributed by atoms with Crippen LogP contribution < -0.4 is 5.32 Å². The zero-order chi connectivity index (χ0) is 16.2. The predicted molar refractivity (Wildman–Crippen MR) is 82.8 cm³/mol. The Kier molecular flexibility index (Phi) is 4.92. The Morgan fingerprint density at radius 1 is 1.05 bits per heavy atom. The largest absolute Gasteiger partial charge is 0.322 e. The minimum absolute atomic E-state index is 0.0783. The number of hydroxylamine groups is 1. The van der Waals surface area contributed by atoms with Gasteiger partial charge in [0.25, 0.3) is 15.9 Å². The van der Waals surface area contributed by atoms with Crippen LogP contribution in [0.2, 0.25) is 0 Å². The first-order chi connectivity index (χ1) is 10.4. The molecule has 116 valence electrons. The third-order valence-corrected chi connectivity index (χ3v) is 4.74. The zero-order valence-electron chi connectivity index (χ0n) is 12.2. The van der Waals surface area contributed by atoms with Crippen molar-refractivity contribution in [1.29, 1.82) is 0 Å². The normalized spacial score (nSPS) is 11.4. The molecule has 2 aromatic rings. The van der Waals surface area contributed by atoms with E-state index in [0.29, 0.717) is 11.3 Å². The maximum atomic E-state index is 12.0. The van der Waals surface area contributed by atoms with Gasteiger partial charge in [0.05, 0.1) is 12.0 Å². The van der Waals surface area contributed by atoms with Gasteiger partial charge in [-0.15, -0.1) is 0 Å². The Balaban J connectivity index is 2.15. The fraction of sp³-hybridized carbons (Fsp3) is 0.133. The van der Waals surface area contributed by atoms with Crippen LogP contribution in [0.5, 0.6) is 0 Å². The van der Waals surface area contributed by atoms with Crippen molar-refractivity contribution in [3.05, 3.63) is 60.2 Å². The highest BCUT2D eigenvalue weighted by molar-refractivity contribution is 7.89. The molecular formula is C15H16N2O4S. The number of carbonyl (C=O) groups is 1. The van der Waals surface area contributed by atoms with Crippen LogP contribution in [0.4, 0.5) is 5.69 Å². The molecule has 0 saturated heterocycles. The molecular weight excluding hydrogens is 304 g/mol. The standard InChI is InChI=1S/C15H16N2O4S/c1-17(21-2)22(19,20)14-10-8-13(9-11-14)16-15(18)12-6-4-3-5-7-12/h3-11H,1-2H3,(H,16,18). The van der Waals surface area contributed by atoms with E-state index in [9.17, 15) is 13.2 Å². The van der Waals surface area contributed by atoms with Gasteiger partial charge in [-0.05, 0) is 36.4 Å². The molecule has 2 aromatic carbocycles. The fourth-order valence-corrected chi connectivity index (χ4v) is 2.72. The summed E-state index contributed by atoms with van der Waals surface area (Å²) < 4.78 is 24.8. The second kappa shape index (κ2) is 6.69. The van der Waals surface area contributed by atoms with Crippen LogP contribution in [0.3, 0.4) is 0 Å². The van der Waals surface area contributed by atoms with E-state index < -0.39 is 10.0 Å². The summed E-state index contributed by atoms with van der Waals surface area (Å²) in [5.74, 6) is -0.259. The molecule has 0 aliphatic carbocycles. The molecule has 7 heteroatoms. The van der Waals surface area contributed by atoms with E-state index in [2.05, 4.69) is 5.32 Å². The Labute approximate surface area is 129 Å². The van der Waals surface area contributed by atoms with Crippen molar-refractivity contribution >= 4 is 21.6 Å². The molecule has 0 aliphatic heterocycles. The summed E-state index contributed by atoms with van der Waals surface area (Å²) in [4.78, 5) is 16.8. The van der Waals surface area contributed by atoms with Crippen molar-refractivity contribution in [3.63, 3.8) is 0 Å². The van der Waals surface area contributed by atoms with Crippen molar-refractivity contribution < 1.29 is 18.0 Å². The number of anilines is 1. The lowest BCUT2D eigenvalue weighted by Crippen LogP contribution is -2.25. The lowest BCUT2D eigenvalue weighted by atomic mass is 10.2. The molecule has 0 bridgehead atoms. The smallest absolute Gasteiger partial charge is 0.264 e. The molecule has 0 saturated carbocycles. The van der Waals surface area contributed by atoms with E-state index in [0.717, 1.165) is 4.47 Å². The van der Waals surface area contributed by atoms with Crippen molar-refractivity contribution in [1.82, 2.24) is 4.47 Å². The number of rotatable bonds is 5. The second-order valence-electron chi connectivity index (χ2n) is 4.44. The highest BCUT2D eigenvalue weighted by Gasteiger charge is 2.20. The van der Waals surface area contributed by atoms with Crippen molar-refractivity contribution in [2.24, 2.45) is 0 Å². The summed E-state index contributed by atoms with van der Waals surface area (Å²) in [6.07, 6.45) is 0. The molecule has 22 heavy (non-hydrogen) atoms. The van der Waals surface area contributed by atoms with Gasteiger partial charge in [0.2, 0.25) is 0 Å². The molecule has 0 fully saturated rings. The van der Waals surface area contributed by atoms with Crippen LogP contribution in [-0.2, 0) is 14.9 Å². The molecule has 2 rings (SSSR count). The van der Waals surface area contributed by atoms with Gasteiger partial charge >= 0.3 is 0 Å². The number of nitrogens with zero attached hydrogens (tertiary/aromatic N) is 1. The number of sulfonamides is 1. The van der Waals surface area contributed by atoms with E-state index >= 15 is 0 Å². The predicted octanol–water partition coefficient (Wildman–Crippen LogP) is 2.12. The summed E-state index contributed by atoms with van der Waals surface area (Å²) in [6, 6.07) is 14.6. The van der Waals surface area contributed by atoms with Crippen molar-refractivity contribution in [2.75, 3.05) is 19.5 Å². The molecule has 1 amide bonds. The van der Waals surface area contributed by atoms with Gasteiger partial charge in [-0.3, -0.25) is 9.63 Å². The van der Waals surface area contributed by atoms with Crippen LogP contribution in [0.25, 0.3) is 0 Å². The number of benzene rings is 2. The third-order valence-electron chi connectivity index (χ3n) is 3.04. The van der Waals surface area contributed by atoms with Crippen molar-refractivity contribution in [3.8, 4) is 0 Å². The van der Waals surface area contributed by atoms with Gasteiger partial charge in [-0.2, -0.15) is 0 Å². The Hall–Kier alpha value is -2.22. The molecule has 0 aromatic heterocycles. The van der Waals surface area contributed by atoms with E-state index in [1.807, 2.05) is 6.07 Å². The molecule has 0 heterocycles. The molecule has 0 aliphatic rings. The van der Waals surface area contributed by atoms with Crippen LogP contribution >= 0.6 is 0 Å². The maximum Gasteiger partial charge on any atom is 0.264 e. The summed E-state index contributed by atoms with van der Waals surface area (Å²) >= 11 is 0. The average Bonchev–Trinajstić information content (AvgIpc) is 2.55. The van der Waals surface area contributed by atoms with Gasteiger partial charge in [0.15, 0.2) is 0 Å². The van der Waals surface area contributed by atoms with E-state index in [1.54, 1.807) is 24.3 Å². The van der Waals surface area contributed by atoms with Crippen LogP contribution in [0.1, 0.15) is 10.4 Å². The Morgan fingerprint density at radius 3 is 2.18 bits per heavy atom. The van der Waals surface area contributed by atoms with Gasteiger partial charge < -0.3 is 5.32 Å². The summed E-state index contributed by atoms with van der Waals surface area (Å²) in [5, 5.41) is 2.70. The van der Waals surface area contributed by atoms with E-state index in [4.69, 9.17) is 4.84 Å². The Bertz CT molecular complexity index is 743. The second-order valence-corrected chi connectivity index (χ2v) is 6.38. The van der Waals surface area contributed by atoms with Gasteiger partial charge in [0.1, 0.15) is 0 Å². The van der Waals surface area contributed by atoms with Crippen LogP contribution in [0.15, 0.2) is 59.5 Å². The molecule has 1 N–H and O–H groups in total. The molecule has 6 nitrogen and oxygen atoms in total. The van der Waals surface area contributed by atoms with Crippen LogP contribution in [0, 0.1) is 0 Å². The Morgan fingerprint density at radius 2 is 1.64 bits per heavy atom. The van der Waals surface area contributed by atoms with Gasteiger partial charge in [-0.25, -0.2) is 8.42 Å². The zero-order valence-corrected chi connectivity index (χ0v) is 13.0. The number of carbonyl (C=O) groups excluding carboxylic acids is 1. The first-order valence-electron chi connectivity index (χ1n) is 6.44. The highest BCUT2D eigenvalue weighted by atomic mass is 32.2. The average molecular weight is 320 g/mol. The summed E-state index contributed by atoms with van der Waals surface area (Å²) in [6.45, 7) is 0. The van der Waals surface area contributed by atoms with Gasteiger partial charge in [0, 0.05) is 18.3 Å². The first-order valence-corrected chi connectivity index (χ1v) is 7.88. The SMILES string of the molecule is CON(C)S(=O)(=O)c1ccc(NC(=O)c2ccccc2)cc1.